The maximum absolute atomic E-state index is 13.5. The molecule has 4 rings (SSSR count). The standard InChI is InChI=1S/C23H15Cl4NO3/c24-13-8-9-16(18(26)10-13)21-19(23(30)31)14-5-1-2-6-15(14)22(29)28(21)11-12-4-3-7-17(25)20(12)27/h1-10,19,21H,11H2,(H,30,31). The molecule has 0 saturated carbocycles. The van der Waals surface area contributed by atoms with Crippen molar-refractivity contribution in [3.05, 3.63) is 103 Å². The number of benzene rings is 3. The van der Waals surface area contributed by atoms with E-state index in [0.29, 0.717) is 37.3 Å². The number of hydrogen-bond donors (Lipinski definition) is 1. The van der Waals surface area contributed by atoms with Gasteiger partial charge in [0.25, 0.3) is 5.91 Å². The average Bonchev–Trinajstić information content (AvgIpc) is 2.73. The Morgan fingerprint density at radius 3 is 2.35 bits per heavy atom. The highest BCUT2D eigenvalue weighted by Crippen LogP contribution is 2.46. The van der Waals surface area contributed by atoms with Crippen molar-refractivity contribution in [3.8, 4) is 0 Å². The third-order valence-electron chi connectivity index (χ3n) is 5.36. The highest BCUT2D eigenvalue weighted by Gasteiger charge is 2.45. The lowest BCUT2D eigenvalue weighted by Crippen LogP contribution is -2.44. The van der Waals surface area contributed by atoms with Gasteiger partial charge in [0, 0.05) is 22.2 Å². The summed E-state index contributed by atoms with van der Waals surface area (Å²) >= 11 is 25.1. The van der Waals surface area contributed by atoms with Gasteiger partial charge in [0.1, 0.15) is 5.92 Å². The molecule has 0 aromatic heterocycles. The van der Waals surface area contributed by atoms with Gasteiger partial charge in [-0.15, -0.1) is 0 Å². The SMILES string of the molecule is O=C(O)C1c2ccccc2C(=O)N(Cc2cccc(Cl)c2Cl)C1c1ccc(Cl)cc1Cl. The van der Waals surface area contributed by atoms with Crippen LogP contribution in [0, 0.1) is 0 Å². The monoisotopic (exact) mass is 493 g/mol. The number of carbonyl (C=O) groups excluding carboxylic acids is 1. The molecule has 3 aromatic rings. The minimum absolute atomic E-state index is 0.0555. The number of aliphatic carboxylic acids is 1. The van der Waals surface area contributed by atoms with Crippen molar-refractivity contribution >= 4 is 58.3 Å². The summed E-state index contributed by atoms with van der Waals surface area (Å²) in [5.41, 5.74) is 1.85. The Morgan fingerprint density at radius 1 is 0.903 bits per heavy atom. The van der Waals surface area contributed by atoms with Gasteiger partial charge in [0.2, 0.25) is 0 Å². The normalized spacial score (nSPS) is 18.1. The summed E-state index contributed by atoms with van der Waals surface area (Å²) in [4.78, 5) is 27.5. The Bertz CT molecular complexity index is 1200. The second-order valence-electron chi connectivity index (χ2n) is 7.16. The van der Waals surface area contributed by atoms with Crippen molar-refractivity contribution in [2.45, 2.75) is 18.5 Å². The maximum atomic E-state index is 13.5. The fraction of sp³-hybridized carbons (Fsp3) is 0.130. The number of halogens is 4. The molecule has 0 aliphatic carbocycles. The van der Waals surface area contributed by atoms with Crippen molar-refractivity contribution in [1.82, 2.24) is 4.90 Å². The van der Waals surface area contributed by atoms with E-state index >= 15 is 0 Å². The van der Waals surface area contributed by atoms with Gasteiger partial charge in [-0.3, -0.25) is 9.59 Å². The molecule has 1 heterocycles. The smallest absolute Gasteiger partial charge is 0.313 e. The predicted molar refractivity (Wildman–Crippen MR) is 122 cm³/mol. The van der Waals surface area contributed by atoms with E-state index in [0.717, 1.165) is 0 Å². The number of nitrogens with zero attached hydrogens (tertiary/aromatic N) is 1. The molecule has 31 heavy (non-hydrogen) atoms. The molecule has 3 aromatic carbocycles. The molecule has 1 amide bonds. The molecule has 0 bridgehead atoms. The molecule has 2 atom stereocenters. The minimum Gasteiger partial charge on any atom is -0.481 e. The number of fused-ring (bicyclic) bond motifs is 1. The predicted octanol–water partition coefficient (Wildman–Crippen LogP) is 6.87. The lowest BCUT2D eigenvalue weighted by molar-refractivity contribution is -0.140. The molecule has 2 unspecified atom stereocenters. The van der Waals surface area contributed by atoms with Gasteiger partial charge in [0.15, 0.2) is 0 Å². The molecule has 4 nitrogen and oxygen atoms in total. The summed E-state index contributed by atoms with van der Waals surface area (Å²) in [5, 5.41) is 11.5. The molecule has 8 heteroatoms. The van der Waals surface area contributed by atoms with Gasteiger partial charge in [-0.2, -0.15) is 0 Å². The summed E-state index contributed by atoms with van der Waals surface area (Å²) in [5.74, 6) is -2.43. The zero-order valence-electron chi connectivity index (χ0n) is 15.9. The van der Waals surface area contributed by atoms with Gasteiger partial charge in [-0.25, -0.2) is 0 Å². The van der Waals surface area contributed by atoms with E-state index in [9.17, 15) is 14.7 Å². The van der Waals surface area contributed by atoms with Crippen LogP contribution in [0.4, 0.5) is 0 Å². The van der Waals surface area contributed by atoms with E-state index in [1.165, 1.54) is 11.0 Å². The Morgan fingerprint density at radius 2 is 1.65 bits per heavy atom. The van der Waals surface area contributed by atoms with Gasteiger partial charge >= 0.3 is 5.97 Å². The van der Waals surface area contributed by atoms with E-state index in [4.69, 9.17) is 46.4 Å². The number of rotatable bonds is 4. The fourth-order valence-electron chi connectivity index (χ4n) is 3.98. The highest BCUT2D eigenvalue weighted by atomic mass is 35.5. The second-order valence-corrected chi connectivity index (χ2v) is 8.79. The number of carbonyl (C=O) groups is 2. The second kappa shape index (κ2) is 8.71. The van der Waals surface area contributed by atoms with Crippen LogP contribution in [-0.2, 0) is 11.3 Å². The Hall–Kier alpha value is -2.24. The van der Waals surface area contributed by atoms with E-state index in [2.05, 4.69) is 0 Å². The molecule has 1 N–H and O–H groups in total. The van der Waals surface area contributed by atoms with E-state index in [1.807, 2.05) is 0 Å². The van der Waals surface area contributed by atoms with Crippen LogP contribution in [0.1, 0.15) is 39.0 Å². The number of carboxylic acids is 1. The maximum Gasteiger partial charge on any atom is 0.313 e. The van der Waals surface area contributed by atoms with Crippen LogP contribution in [0.5, 0.6) is 0 Å². The van der Waals surface area contributed by atoms with Crippen molar-refractivity contribution in [2.24, 2.45) is 0 Å². The highest BCUT2D eigenvalue weighted by molar-refractivity contribution is 6.42. The minimum atomic E-state index is -1.07. The Kier molecular flexibility index (Phi) is 6.18. The fourth-order valence-corrected chi connectivity index (χ4v) is 4.88. The molecule has 0 fully saturated rings. The first-order valence-corrected chi connectivity index (χ1v) is 10.8. The number of carboxylic acid groups (broad SMARTS) is 1. The summed E-state index contributed by atoms with van der Waals surface area (Å²) in [6, 6.07) is 15.8. The van der Waals surface area contributed by atoms with Crippen LogP contribution < -0.4 is 0 Å². The van der Waals surface area contributed by atoms with Crippen molar-refractivity contribution < 1.29 is 14.7 Å². The lowest BCUT2D eigenvalue weighted by atomic mass is 9.79. The molecule has 0 saturated heterocycles. The summed E-state index contributed by atoms with van der Waals surface area (Å²) < 4.78 is 0. The third kappa shape index (κ3) is 4.01. The summed E-state index contributed by atoms with van der Waals surface area (Å²) in [6.07, 6.45) is 0. The first-order chi connectivity index (χ1) is 14.8. The van der Waals surface area contributed by atoms with Crippen LogP contribution >= 0.6 is 46.4 Å². The van der Waals surface area contributed by atoms with Gasteiger partial charge in [0.05, 0.1) is 16.1 Å². The topological polar surface area (TPSA) is 57.6 Å². The molecular weight excluding hydrogens is 480 g/mol. The van der Waals surface area contributed by atoms with E-state index in [1.54, 1.807) is 54.6 Å². The van der Waals surface area contributed by atoms with Gasteiger partial charge in [-0.1, -0.05) is 82.8 Å². The van der Waals surface area contributed by atoms with E-state index in [-0.39, 0.29) is 17.5 Å². The Labute approximate surface area is 198 Å². The van der Waals surface area contributed by atoms with E-state index < -0.39 is 17.9 Å². The average molecular weight is 495 g/mol. The first-order valence-electron chi connectivity index (χ1n) is 9.30. The van der Waals surface area contributed by atoms with Crippen LogP contribution in [0.15, 0.2) is 60.7 Å². The quantitative estimate of drug-likeness (QED) is 0.430. The van der Waals surface area contributed by atoms with Crippen LogP contribution in [0.2, 0.25) is 20.1 Å². The summed E-state index contributed by atoms with van der Waals surface area (Å²) in [7, 11) is 0. The zero-order valence-corrected chi connectivity index (χ0v) is 18.9. The number of amides is 1. The summed E-state index contributed by atoms with van der Waals surface area (Å²) in [6.45, 7) is 0.0555. The number of hydrogen-bond acceptors (Lipinski definition) is 2. The van der Waals surface area contributed by atoms with Gasteiger partial charge < -0.3 is 10.0 Å². The molecule has 0 radical (unpaired) electrons. The lowest BCUT2D eigenvalue weighted by Gasteiger charge is -2.41. The zero-order chi connectivity index (χ0) is 22.3. The van der Waals surface area contributed by atoms with Crippen LogP contribution in [0.3, 0.4) is 0 Å². The van der Waals surface area contributed by atoms with Crippen LogP contribution in [0.25, 0.3) is 0 Å². The largest absolute Gasteiger partial charge is 0.481 e. The molecular formula is C23H15Cl4NO3. The van der Waals surface area contributed by atoms with Crippen molar-refractivity contribution in [1.29, 1.82) is 0 Å². The molecule has 1 aliphatic heterocycles. The third-order valence-corrected chi connectivity index (χ3v) is 6.78. The van der Waals surface area contributed by atoms with Gasteiger partial charge in [-0.05, 0) is 41.0 Å². The molecule has 1 aliphatic rings. The Balaban J connectivity index is 1.93. The van der Waals surface area contributed by atoms with Crippen LogP contribution in [-0.4, -0.2) is 21.9 Å². The van der Waals surface area contributed by atoms with Crippen molar-refractivity contribution in [2.75, 3.05) is 0 Å². The first kappa shape index (κ1) is 22.0. The molecule has 158 valence electrons. The van der Waals surface area contributed by atoms with Crippen molar-refractivity contribution in [3.63, 3.8) is 0 Å². The molecule has 0 spiro atoms.